The predicted octanol–water partition coefficient (Wildman–Crippen LogP) is 3.12. The van der Waals surface area contributed by atoms with E-state index in [2.05, 4.69) is 0 Å². The van der Waals surface area contributed by atoms with E-state index in [1.54, 1.807) is 24.3 Å². The zero-order chi connectivity index (χ0) is 13.3. The Bertz CT molecular complexity index is 429. The van der Waals surface area contributed by atoms with Gasteiger partial charge in [-0.2, -0.15) is 0 Å². The van der Waals surface area contributed by atoms with E-state index in [0.717, 1.165) is 12.0 Å². The summed E-state index contributed by atoms with van der Waals surface area (Å²) in [6, 6.07) is 6.95. The minimum Gasteiger partial charge on any atom is -0.481 e. The number of aliphatic hydroxyl groups excluding tert-OH is 1. The van der Waals surface area contributed by atoms with E-state index in [0.29, 0.717) is 17.4 Å². The van der Waals surface area contributed by atoms with Crippen molar-refractivity contribution in [2.45, 2.75) is 25.9 Å². The summed E-state index contributed by atoms with van der Waals surface area (Å²) in [5.74, 6) is -1.13. The summed E-state index contributed by atoms with van der Waals surface area (Å²) in [4.78, 5) is 11.2. The molecule has 0 radical (unpaired) electrons. The van der Waals surface area contributed by atoms with Crippen LogP contribution in [0.1, 0.15) is 31.4 Å². The number of hydrogen-bond donors (Lipinski definition) is 2. The Morgan fingerprint density at radius 1 is 1.33 bits per heavy atom. The van der Waals surface area contributed by atoms with Crippen molar-refractivity contribution in [3.8, 4) is 0 Å². The molecule has 0 heterocycles. The quantitative estimate of drug-likeness (QED) is 0.886. The summed E-state index contributed by atoms with van der Waals surface area (Å²) in [5.41, 5.74) is 0.741. The zero-order valence-electron chi connectivity index (χ0n) is 10.2. The molecule has 0 spiro atoms. The van der Waals surface area contributed by atoms with Crippen LogP contribution in [-0.2, 0) is 4.79 Å². The molecule has 3 nitrogen and oxygen atoms in total. The fraction of sp³-hybridized carbons (Fsp3) is 0.500. The zero-order valence-corrected chi connectivity index (χ0v) is 11.0. The number of hydrogen-bond acceptors (Lipinski definition) is 2. The molecule has 0 bridgehead atoms. The van der Waals surface area contributed by atoms with Crippen LogP contribution in [0.15, 0.2) is 24.3 Å². The molecule has 0 aromatic heterocycles. The van der Waals surface area contributed by atoms with Gasteiger partial charge in [-0.3, -0.25) is 4.79 Å². The van der Waals surface area contributed by atoms with Crippen LogP contribution in [0.2, 0.25) is 5.02 Å². The van der Waals surface area contributed by atoms with Crippen LogP contribution in [0, 0.1) is 17.8 Å². The van der Waals surface area contributed by atoms with Crippen LogP contribution in [0.5, 0.6) is 0 Å². The molecule has 0 amide bonds. The second kappa shape index (κ2) is 5.29. The molecule has 1 aliphatic carbocycles. The summed E-state index contributed by atoms with van der Waals surface area (Å²) < 4.78 is 0. The van der Waals surface area contributed by atoms with E-state index in [4.69, 9.17) is 11.6 Å². The highest BCUT2D eigenvalue weighted by atomic mass is 35.5. The van der Waals surface area contributed by atoms with E-state index in [1.165, 1.54) is 0 Å². The Kier molecular flexibility index (Phi) is 3.93. The maximum absolute atomic E-state index is 11.2. The average Bonchev–Trinajstić information content (AvgIpc) is 2.71. The Hall–Kier alpha value is -1.06. The summed E-state index contributed by atoms with van der Waals surface area (Å²) in [7, 11) is 0. The summed E-state index contributed by atoms with van der Waals surface area (Å²) in [5, 5.41) is 20.2. The molecule has 1 fully saturated rings. The topological polar surface area (TPSA) is 57.5 Å². The molecule has 1 aromatic rings. The lowest BCUT2D eigenvalue weighted by Gasteiger charge is -2.22. The van der Waals surface area contributed by atoms with Gasteiger partial charge in [0.1, 0.15) is 0 Å². The van der Waals surface area contributed by atoms with Gasteiger partial charge in [-0.25, -0.2) is 0 Å². The molecule has 1 aliphatic rings. The lowest BCUT2D eigenvalue weighted by atomic mass is 9.87. The monoisotopic (exact) mass is 268 g/mol. The Labute approximate surface area is 111 Å². The van der Waals surface area contributed by atoms with Gasteiger partial charge >= 0.3 is 5.97 Å². The molecule has 2 N–H and O–H groups in total. The SMILES string of the molecule is CC1CC(C(=O)O)C(C(O)c2ccc(Cl)cc2)C1. The van der Waals surface area contributed by atoms with Crippen molar-refractivity contribution in [1.29, 1.82) is 0 Å². The number of carbonyl (C=O) groups is 1. The predicted molar refractivity (Wildman–Crippen MR) is 69.4 cm³/mol. The minimum atomic E-state index is -0.808. The third-order valence-electron chi connectivity index (χ3n) is 3.78. The van der Waals surface area contributed by atoms with Gasteiger partial charge in [0.15, 0.2) is 0 Å². The highest BCUT2D eigenvalue weighted by Crippen LogP contribution is 2.43. The van der Waals surface area contributed by atoms with E-state index in [-0.39, 0.29) is 5.92 Å². The van der Waals surface area contributed by atoms with Crippen LogP contribution in [0.4, 0.5) is 0 Å². The molecular weight excluding hydrogens is 252 g/mol. The molecule has 4 unspecified atom stereocenters. The van der Waals surface area contributed by atoms with Crippen LogP contribution >= 0.6 is 11.6 Å². The molecule has 0 saturated heterocycles. The number of aliphatic hydroxyl groups is 1. The van der Waals surface area contributed by atoms with E-state index >= 15 is 0 Å². The van der Waals surface area contributed by atoms with E-state index in [1.807, 2.05) is 6.92 Å². The molecule has 1 aromatic carbocycles. The first-order valence-corrected chi connectivity index (χ1v) is 6.53. The number of halogens is 1. The second-order valence-corrected chi connectivity index (χ2v) is 5.62. The van der Waals surface area contributed by atoms with Gasteiger partial charge in [0.25, 0.3) is 0 Å². The Morgan fingerprint density at radius 3 is 2.50 bits per heavy atom. The average molecular weight is 269 g/mol. The van der Waals surface area contributed by atoms with E-state index < -0.39 is 18.0 Å². The van der Waals surface area contributed by atoms with Gasteiger partial charge in [0.05, 0.1) is 12.0 Å². The third kappa shape index (κ3) is 2.68. The highest BCUT2D eigenvalue weighted by Gasteiger charge is 2.41. The van der Waals surface area contributed by atoms with Gasteiger partial charge in [0, 0.05) is 10.9 Å². The van der Waals surface area contributed by atoms with Crippen molar-refractivity contribution >= 4 is 17.6 Å². The van der Waals surface area contributed by atoms with Crippen LogP contribution in [0.25, 0.3) is 0 Å². The van der Waals surface area contributed by atoms with Crippen molar-refractivity contribution in [3.63, 3.8) is 0 Å². The second-order valence-electron chi connectivity index (χ2n) is 5.18. The van der Waals surface area contributed by atoms with Gasteiger partial charge in [0.2, 0.25) is 0 Å². The lowest BCUT2D eigenvalue weighted by Crippen LogP contribution is -2.23. The number of benzene rings is 1. The first-order chi connectivity index (χ1) is 8.49. The molecule has 18 heavy (non-hydrogen) atoms. The van der Waals surface area contributed by atoms with Crippen LogP contribution in [-0.4, -0.2) is 16.2 Å². The van der Waals surface area contributed by atoms with Crippen molar-refractivity contribution in [1.82, 2.24) is 0 Å². The van der Waals surface area contributed by atoms with Gasteiger partial charge in [-0.05, 0) is 36.5 Å². The molecule has 4 heteroatoms. The van der Waals surface area contributed by atoms with Gasteiger partial charge in [-0.15, -0.1) is 0 Å². The third-order valence-corrected chi connectivity index (χ3v) is 4.03. The fourth-order valence-corrected chi connectivity index (χ4v) is 3.00. The van der Waals surface area contributed by atoms with Gasteiger partial charge < -0.3 is 10.2 Å². The van der Waals surface area contributed by atoms with E-state index in [9.17, 15) is 15.0 Å². The first kappa shape index (κ1) is 13.4. The maximum atomic E-state index is 11.2. The standard InChI is InChI=1S/C14H17ClO3/c1-8-6-11(12(7-8)14(17)18)13(16)9-2-4-10(15)5-3-9/h2-5,8,11-13,16H,6-7H2,1H3,(H,17,18). The summed E-state index contributed by atoms with van der Waals surface area (Å²) >= 11 is 5.80. The first-order valence-electron chi connectivity index (χ1n) is 6.15. The molecular formula is C14H17ClO3. The Balaban J connectivity index is 2.19. The van der Waals surface area contributed by atoms with Crippen molar-refractivity contribution < 1.29 is 15.0 Å². The normalized spacial score (nSPS) is 29.2. The number of rotatable bonds is 3. The molecule has 98 valence electrons. The Morgan fingerprint density at radius 2 is 1.94 bits per heavy atom. The van der Waals surface area contributed by atoms with Crippen molar-refractivity contribution in [2.75, 3.05) is 0 Å². The minimum absolute atomic E-state index is 0.210. The van der Waals surface area contributed by atoms with Crippen LogP contribution < -0.4 is 0 Å². The molecule has 1 saturated carbocycles. The van der Waals surface area contributed by atoms with Crippen molar-refractivity contribution in [3.05, 3.63) is 34.9 Å². The lowest BCUT2D eigenvalue weighted by molar-refractivity contribution is -0.144. The number of carboxylic acid groups (broad SMARTS) is 1. The summed E-state index contributed by atoms with van der Waals surface area (Å²) in [6.07, 6.45) is 0.666. The van der Waals surface area contributed by atoms with Gasteiger partial charge in [-0.1, -0.05) is 30.7 Å². The molecule has 2 rings (SSSR count). The highest BCUT2D eigenvalue weighted by molar-refractivity contribution is 6.30. The number of aliphatic carboxylic acids is 1. The molecule has 0 aliphatic heterocycles. The summed E-state index contributed by atoms with van der Waals surface area (Å²) in [6.45, 7) is 2.03. The molecule has 4 atom stereocenters. The maximum Gasteiger partial charge on any atom is 0.306 e. The smallest absolute Gasteiger partial charge is 0.306 e. The van der Waals surface area contributed by atoms with Crippen LogP contribution in [0.3, 0.4) is 0 Å². The number of carboxylic acids is 1. The largest absolute Gasteiger partial charge is 0.481 e. The van der Waals surface area contributed by atoms with Crippen molar-refractivity contribution in [2.24, 2.45) is 17.8 Å². The fourth-order valence-electron chi connectivity index (χ4n) is 2.87.